The molecule has 0 aliphatic carbocycles. The zero-order valence-corrected chi connectivity index (χ0v) is 6.60. The van der Waals surface area contributed by atoms with Crippen LogP contribution in [0.2, 0.25) is 0 Å². The Bertz CT molecular complexity index is 233. The maximum atomic E-state index is 12.8. The van der Waals surface area contributed by atoms with Crippen LogP contribution in [0.15, 0.2) is 18.2 Å². The van der Waals surface area contributed by atoms with Gasteiger partial charge in [-0.15, -0.1) is 0 Å². The van der Waals surface area contributed by atoms with Crippen LogP contribution >= 0.6 is 0 Å². The van der Waals surface area contributed by atoms with Gasteiger partial charge in [0.25, 0.3) is 0 Å². The van der Waals surface area contributed by atoms with Crippen LogP contribution in [-0.4, -0.2) is 6.10 Å². The molecule has 0 saturated carbocycles. The van der Waals surface area contributed by atoms with E-state index in [9.17, 15) is 4.39 Å². The second kappa shape index (κ2) is 3.37. The molecule has 0 saturated heterocycles. The van der Waals surface area contributed by atoms with E-state index in [4.69, 9.17) is 4.74 Å². The van der Waals surface area contributed by atoms with Gasteiger partial charge in [-0.05, 0) is 19.9 Å². The first-order chi connectivity index (χ1) is 5.20. The molecule has 11 heavy (non-hydrogen) atoms. The van der Waals surface area contributed by atoms with Gasteiger partial charge in [-0.3, -0.25) is 0 Å². The Morgan fingerprint density at radius 3 is 2.82 bits per heavy atom. The van der Waals surface area contributed by atoms with Gasteiger partial charge in [-0.1, -0.05) is 12.1 Å². The van der Waals surface area contributed by atoms with E-state index in [-0.39, 0.29) is 17.7 Å². The van der Waals surface area contributed by atoms with Gasteiger partial charge in [-0.2, -0.15) is 0 Å². The lowest BCUT2D eigenvalue weighted by Gasteiger charge is -2.08. The summed E-state index contributed by atoms with van der Waals surface area (Å²) in [6.45, 7) is 3.70. The van der Waals surface area contributed by atoms with E-state index in [2.05, 4.69) is 6.07 Å². The molecule has 1 rings (SSSR count). The van der Waals surface area contributed by atoms with Crippen molar-refractivity contribution < 1.29 is 9.13 Å². The zero-order chi connectivity index (χ0) is 8.27. The number of benzene rings is 1. The maximum absolute atomic E-state index is 12.8. The van der Waals surface area contributed by atoms with Crippen molar-refractivity contribution >= 4 is 0 Å². The van der Waals surface area contributed by atoms with Gasteiger partial charge in [0.15, 0.2) is 11.6 Å². The first-order valence-corrected chi connectivity index (χ1v) is 3.53. The largest absolute Gasteiger partial charge is 0.487 e. The van der Waals surface area contributed by atoms with E-state index in [1.165, 1.54) is 6.07 Å². The Balaban J connectivity index is 2.78. The van der Waals surface area contributed by atoms with Gasteiger partial charge < -0.3 is 4.74 Å². The normalized spacial score (nSPS) is 10.2. The first kappa shape index (κ1) is 8.05. The van der Waals surface area contributed by atoms with Crippen LogP contribution in [0.4, 0.5) is 4.39 Å². The average molecular weight is 153 g/mol. The molecule has 1 aromatic carbocycles. The van der Waals surface area contributed by atoms with E-state index in [1.807, 2.05) is 13.8 Å². The second-order valence-corrected chi connectivity index (χ2v) is 2.51. The lowest BCUT2D eigenvalue weighted by atomic mass is 10.3. The summed E-state index contributed by atoms with van der Waals surface area (Å²) in [5.41, 5.74) is 0. The van der Waals surface area contributed by atoms with Gasteiger partial charge in [0.1, 0.15) is 0 Å². The van der Waals surface area contributed by atoms with E-state index in [0.29, 0.717) is 0 Å². The molecule has 1 aromatic rings. The Morgan fingerprint density at radius 1 is 1.55 bits per heavy atom. The number of hydrogen-bond acceptors (Lipinski definition) is 1. The molecule has 0 amide bonds. The summed E-state index contributed by atoms with van der Waals surface area (Å²) < 4.78 is 17.9. The fourth-order valence-electron chi connectivity index (χ4n) is 0.727. The molecular formula is C9H10FO. The summed E-state index contributed by atoms with van der Waals surface area (Å²) in [7, 11) is 0. The highest BCUT2D eigenvalue weighted by Crippen LogP contribution is 2.15. The number of rotatable bonds is 2. The van der Waals surface area contributed by atoms with Gasteiger partial charge in [0.05, 0.1) is 6.10 Å². The summed E-state index contributed by atoms with van der Waals surface area (Å²) in [5.74, 6) is -0.163. The third-order valence-electron chi connectivity index (χ3n) is 1.12. The van der Waals surface area contributed by atoms with Gasteiger partial charge in [-0.25, -0.2) is 4.39 Å². The Kier molecular flexibility index (Phi) is 2.47. The predicted molar refractivity (Wildman–Crippen MR) is 41.0 cm³/mol. The van der Waals surface area contributed by atoms with E-state index < -0.39 is 0 Å². The minimum atomic E-state index is -0.360. The zero-order valence-electron chi connectivity index (χ0n) is 6.60. The highest BCUT2D eigenvalue weighted by molar-refractivity contribution is 5.22. The molecule has 0 bridgehead atoms. The number of ether oxygens (including phenoxy) is 1. The van der Waals surface area contributed by atoms with Crippen LogP contribution in [0.3, 0.4) is 0 Å². The van der Waals surface area contributed by atoms with Crippen molar-refractivity contribution in [2.24, 2.45) is 0 Å². The molecule has 1 radical (unpaired) electrons. The summed E-state index contributed by atoms with van der Waals surface area (Å²) in [4.78, 5) is 0. The Labute approximate surface area is 65.8 Å². The summed E-state index contributed by atoms with van der Waals surface area (Å²) in [6, 6.07) is 7.24. The molecule has 59 valence electrons. The number of halogens is 1. The second-order valence-electron chi connectivity index (χ2n) is 2.51. The molecule has 0 aliphatic rings. The van der Waals surface area contributed by atoms with Gasteiger partial charge in [0.2, 0.25) is 0 Å². The molecule has 0 aliphatic heterocycles. The van der Waals surface area contributed by atoms with Crippen molar-refractivity contribution in [3.8, 4) is 5.75 Å². The topological polar surface area (TPSA) is 9.23 Å². The van der Waals surface area contributed by atoms with Crippen LogP contribution in [0.1, 0.15) is 13.8 Å². The predicted octanol–water partition coefficient (Wildman–Crippen LogP) is 2.41. The summed E-state index contributed by atoms with van der Waals surface area (Å²) in [5, 5.41) is 0. The molecule has 2 heteroatoms. The Morgan fingerprint density at radius 2 is 2.27 bits per heavy atom. The van der Waals surface area contributed by atoms with Crippen molar-refractivity contribution in [1.29, 1.82) is 0 Å². The molecule has 0 N–H and O–H groups in total. The fraction of sp³-hybridized carbons (Fsp3) is 0.333. The van der Waals surface area contributed by atoms with E-state index in [0.717, 1.165) is 0 Å². The summed E-state index contributed by atoms with van der Waals surface area (Å²) in [6.07, 6.45) is -0.0110. The van der Waals surface area contributed by atoms with Crippen molar-refractivity contribution in [2.45, 2.75) is 20.0 Å². The first-order valence-electron chi connectivity index (χ1n) is 3.53. The van der Waals surface area contributed by atoms with Gasteiger partial charge in [0, 0.05) is 6.07 Å². The standard InChI is InChI=1S/C9H10FO/c1-7(2)11-9-6-4-3-5-8(9)10/h3-5,7H,1-2H3. The minimum absolute atomic E-state index is 0.0110. The van der Waals surface area contributed by atoms with E-state index in [1.54, 1.807) is 12.1 Å². The van der Waals surface area contributed by atoms with Crippen LogP contribution in [0.5, 0.6) is 5.75 Å². The van der Waals surface area contributed by atoms with Crippen LogP contribution < -0.4 is 4.74 Å². The average Bonchev–Trinajstić information content (AvgIpc) is 1.93. The lowest BCUT2D eigenvalue weighted by molar-refractivity contribution is 0.230. The molecule has 0 aromatic heterocycles. The molecule has 0 spiro atoms. The molecule has 1 nitrogen and oxygen atoms in total. The smallest absolute Gasteiger partial charge is 0.165 e. The van der Waals surface area contributed by atoms with Crippen LogP contribution in [0, 0.1) is 11.9 Å². The number of hydrogen-bond donors (Lipinski definition) is 0. The molecule has 0 fully saturated rings. The lowest BCUT2D eigenvalue weighted by Crippen LogP contribution is -2.06. The summed E-state index contributed by atoms with van der Waals surface area (Å²) >= 11 is 0. The quantitative estimate of drug-likeness (QED) is 0.634. The van der Waals surface area contributed by atoms with Crippen molar-refractivity contribution in [2.75, 3.05) is 0 Å². The Hall–Kier alpha value is -1.05. The number of para-hydroxylation sites is 1. The monoisotopic (exact) mass is 153 g/mol. The van der Waals surface area contributed by atoms with Crippen molar-refractivity contribution in [3.63, 3.8) is 0 Å². The van der Waals surface area contributed by atoms with Crippen LogP contribution in [0.25, 0.3) is 0 Å². The van der Waals surface area contributed by atoms with Crippen molar-refractivity contribution in [1.82, 2.24) is 0 Å². The third-order valence-corrected chi connectivity index (χ3v) is 1.12. The minimum Gasteiger partial charge on any atom is -0.487 e. The maximum Gasteiger partial charge on any atom is 0.165 e. The molecule has 0 atom stereocenters. The fourth-order valence-corrected chi connectivity index (χ4v) is 0.727. The molecule has 0 unspecified atom stereocenters. The highest BCUT2D eigenvalue weighted by atomic mass is 19.1. The SMILES string of the molecule is CC(C)Oc1[c]cccc1F. The molecule has 0 heterocycles. The molecular weight excluding hydrogens is 143 g/mol. The van der Waals surface area contributed by atoms with Crippen molar-refractivity contribution in [3.05, 3.63) is 30.1 Å². The van der Waals surface area contributed by atoms with E-state index >= 15 is 0 Å². The highest BCUT2D eigenvalue weighted by Gasteiger charge is 2.02. The van der Waals surface area contributed by atoms with Crippen LogP contribution in [-0.2, 0) is 0 Å². The van der Waals surface area contributed by atoms with Gasteiger partial charge >= 0.3 is 0 Å². The third kappa shape index (κ3) is 2.22.